The van der Waals surface area contributed by atoms with E-state index in [4.69, 9.17) is 21.9 Å². The molecule has 55 heavy (non-hydrogen) atoms. The minimum absolute atomic E-state index is 0.00504. The lowest BCUT2D eigenvalue weighted by molar-refractivity contribution is -0.142. The summed E-state index contributed by atoms with van der Waals surface area (Å²) in [7, 11) is 0. The second-order valence-electron chi connectivity index (χ2n) is 13.9. The van der Waals surface area contributed by atoms with Gasteiger partial charge in [0.1, 0.15) is 24.7 Å². The predicted molar refractivity (Wildman–Crippen MR) is 210 cm³/mol. The summed E-state index contributed by atoms with van der Waals surface area (Å²) < 4.78 is 5.31. The fourth-order valence-corrected chi connectivity index (χ4v) is 5.81. The lowest BCUT2D eigenvalue weighted by atomic mass is 9.93. The Morgan fingerprint density at radius 3 is 2.02 bits per heavy atom. The molecule has 296 valence electrons. The van der Waals surface area contributed by atoms with Gasteiger partial charge in [0.05, 0.1) is 6.04 Å². The van der Waals surface area contributed by atoms with Crippen molar-refractivity contribution in [2.75, 3.05) is 6.54 Å². The van der Waals surface area contributed by atoms with Crippen LogP contribution in [0.4, 0.5) is 4.79 Å². The second-order valence-corrected chi connectivity index (χ2v) is 13.9. The summed E-state index contributed by atoms with van der Waals surface area (Å²) in [4.78, 5) is 83.8. The van der Waals surface area contributed by atoms with E-state index >= 15 is 0 Å². The lowest BCUT2D eigenvalue weighted by Gasteiger charge is -2.27. The van der Waals surface area contributed by atoms with Crippen molar-refractivity contribution in [3.8, 4) is 0 Å². The number of Topliss-reactive ketones (excluding diaryl/α,β-unsaturated/α-hetero) is 1. The number of nitrogens with zero attached hydrogens (tertiary/aromatic N) is 1. The Kier molecular flexibility index (Phi) is 17.1. The van der Waals surface area contributed by atoms with Gasteiger partial charge in [-0.25, -0.2) is 4.79 Å². The number of carbonyl (C=O) groups excluding carboxylic acids is 6. The number of rotatable bonds is 21. The number of amides is 5. The number of benzene rings is 3. The van der Waals surface area contributed by atoms with Crippen molar-refractivity contribution in [1.82, 2.24) is 21.3 Å². The third-order valence-corrected chi connectivity index (χ3v) is 9.03. The van der Waals surface area contributed by atoms with Crippen molar-refractivity contribution in [3.05, 3.63) is 83.9 Å². The van der Waals surface area contributed by atoms with Crippen LogP contribution < -0.4 is 38.5 Å². The summed E-state index contributed by atoms with van der Waals surface area (Å²) in [6.45, 7) is 7.32. The number of hydrogen-bond acceptors (Lipinski definition) is 8. The molecular weight excluding hydrogens is 704 g/mol. The number of guanidine groups is 1. The predicted octanol–water partition coefficient (Wildman–Crippen LogP) is 2.33. The molecule has 0 saturated heterocycles. The van der Waals surface area contributed by atoms with Crippen molar-refractivity contribution in [2.24, 2.45) is 34.0 Å². The molecule has 0 aliphatic carbocycles. The Balaban J connectivity index is 1.76. The van der Waals surface area contributed by atoms with E-state index in [1.807, 2.05) is 62.4 Å². The smallest absolute Gasteiger partial charge is 0.408 e. The molecule has 10 N–H and O–H groups in total. The van der Waals surface area contributed by atoms with Gasteiger partial charge in [0.25, 0.3) is 5.91 Å². The van der Waals surface area contributed by atoms with Crippen molar-refractivity contribution >= 4 is 52.2 Å². The van der Waals surface area contributed by atoms with Crippen molar-refractivity contribution in [3.63, 3.8) is 0 Å². The van der Waals surface area contributed by atoms with Gasteiger partial charge >= 0.3 is 6.09 Å². The molecule has 0 saturated carbocycles. The molecule has 3 aromatic rings. The zero-order chi connectivity index (χ0) is 40.5. The molecule has 0 aliphatic heterocycles. The highest BCUT2D eigenvalue weighted by Crippen LogP contribution is 2.17. The molecule has 0 bridgehead atoms. The van der Waals surface area contributed by atoms with Crippen molar-refractivity contribution in [2.45, 2.75) is 90.6 Å². The number of ketones is 1. The molecule has 0 heterocycles. The monoisotopic (exact) mass is 758 g/mol. The number of primary amides is 1. The van der Waals surface area contributed by atoms with Crippen LogP contribution in [0, 0.1) is 11.8 Å². The number of aliphatic imine (C=N–C) groups is 1. The summed E-state index contributed by atoms with van der Waals surface area (Å²) in [6, 6.07) is 17.5. The molecule has 0 aromatic heterocycles. The van der Waals surface area contributed by atoms with Crippen molar-refractivity contribution < 1.29 is 33.5 Å². The Labute approximate surface area is 321 Å². The van der Waals surface area contributed by atoms with E-state index in [1.54, 1.807) is 38.1 Å². The van der Waals surface area contributed by atoms with Crippen LogP contribution in [0.25, 0.3) is 10.8 Å². The third-order valence-electron chi connectivity index (χ3n) is 9.03. The number of nitrogens with two attached hydrogens (primary N) is 3. The van der Waals surface area contributed by atoms with E-state index in [1.165, 1.54) is 0 Å². The van der Waals surface area contributed by atoms with Crippen LogP contribution >= 0.6 is 0 Å². The van der Waals surface area contributed by atoms with Gasteiger partial charge in [-0.15, -0.1) is 0 Å². The zero-order valence-corrected chi connectivity index (χ0v) is 31.9. The molecule has 3 rings (SSSR count). The number of fused-ring (bicyclic) bond motifs is 1. The maximum Gasteiger partial charge on any atom is 0.408 e. The summed E-state index contributed by atoms with van der Waals surface area (Å²) in [5.74, 6) is -5.06. The van der Waals surface area contributed by atoms with Gasteiger partial charge in [-0.1, -0.05) is 107 Å². The molecule has 0 spiro atoms. The van der Waals surface area contributed by atoms with Crippen LogP contribution in [0.3, 0.4) is 0 Å². The fourth-order valence-electron chi connectivity index (χ4n) is 5.81. The third kappa shape index (κ3) is 14.4. The molecule has 1 unspecified atom stereocenters. The maximum absolute atomic E-state index is 13.8. The van der Waals surface area contributed by atoms with Gasteiger partial charge in [-0.05, 0) is 53.0 Å². The average molecular weight is 759 g/mol. The van der Waals surface area contributed by atoms with E-state index in [2.05, 4.69) is 26.3 Å². The number of hydrogen-bond donors (Lipinski definition) is 7. The first kappa shape index (κ1) is 43.4. The Morgan fingerprint density at radius 2 is 1.38 bits per heavy atom. The topological polar surface area (TPSA) is 250 Å². The van der Waals surface area contributed by atoms with Crippen LogP contribution in [0.1, 0.15) is 64.5 Å². The first-order valence-electron chi connectivity index (χ1n) is 18.4. The first-order valence-corrected chi connectivity index (χ1v) is 18.4. The molecule has 3 aromatic carbocycles. The van der Waals surface area contributed by atoms with E-state index in [-0.39, 0.29) is 50.7 Å². The maximum atomic E-state index is 13.8. The second kappa shape index (κ2) is 21.6. The summed E-state index contributed by atoms with van der Waals surface area (Å²) in [6.07, 6.45) is 0.103. The van der Waals surface area contributed by atoms with Crippen LogP contribution in [0.5, 0.6) is 0 Å². The largest absolute Gasteiger partial charge is 0.445 e. The molecule has 5 atom stereocenters. The quantitative estimate of drug-likeness (QED) is 0.0364. The number of alkyl carbamates (subject to hydrolysis) is 1. The number of nitrogens with one attached hydrogen (secondary N) is 4. The zero-order valence-electron chi connectivity index (χ0n) is 31.9. The summed E-state index contributed by atoms with van der Waals surface area (Å²) >= 11 is 0. The van der Waals surface area contributed by atoms with Crippen LogP contribution in [-0.2, 0) is 41.7 Å². The molecule has 15 nitrogen and oxygen atoms in total. The van der Waals surface area contributed by atoms with Crippen LogP contribution in [0.2, 0.25) is 0 Å². The number of ether oxygens (including phenoxy) is 1. The Morgan fingerprint density at radius 1 is 0.727 bits per heavy atom. The van der Waals surface area contributed by atoms with Gasteiger partial charge < -0.3 is 43.2 Å². The van der Waals surface area contributed by atoms with Gasteiger partial charge in [-0.2, -0.15) is 0 Å². The SMILES string of the molecule is CC[C@H](C)C(NC(=O)[C@H](CC(C)C)NC(=O)OCc1ccccc1)C(=O)C(=O)N[C@@H](CCCN=C(N)N)C(=O)N[C@@H](Cc1ccc2ccccc2c1)C(N)=O. The Hall–Kier alpha value is -5.99. The molecular formula is C40H54N8O7. The molecule has 0 fully saturated rings. The Bertz CT molecular complexity index is 1810. The molecule has 0 radical (unpaired) electrons. The summed E-state index contributed by atoms with van der Waals surface area (Å²) in [5, 5.41) is 12.3. The van der Waals surface area contributed by atoms with Crippen LogP contribution in [-0.4, -0.2) is 72.2 Å². The standard InChI is InChI=1S/C40H54N8O7/c1-5-25(4)33(48-37(52)32(20-24(2)3)47-40(54)55-23-26-12-7-6-8-13-26)34(49)38(53)45-30(16-11-19-44-39(42)43)36(51)46-31(35(41)50)22-27-17-18-28-14-9-10-15-29(28)21-27/h6-10,12-15,17-18,21,24-25,30-33H,5,11,16,19-20,22-23H2,1-4H3,(H2,41,50)(H,45,53)(H,46,51)(H,47,54)(H,48,52)(H4,42,43,44)/t25-,30-,31-,32-,33?/m0/s1. The van der Waals surface area contributed by atoms with E-state index < -0.39 is 65.6 Å². The van der Waals surface area contributed by atoms with E-state index in [0.29, 0.717) is 6.42 Å². The van der Waals surface area contributed by atoms with Crippen molar-refractivity contribution in [1.29, 1.82) is 0 Å². The van der Waals surface area contributed by atoms with Gasteiger partial charge in [0.15, 0.2) is 5.96 Å². The minimum atomic E-state index is -1.30. The highest BCUT2D eigenvalue weighted by Gasteiger charge is 2.36. The average Bonchev–Trinajstić information content (AvgIpc) is 3.15. The molecule has 5 amide bonds. The highest BCUT2D eigenvalue weighted by molar-refractivity contribution is 6.39. The lowest BCUT2D eigenvalue weighted by Crippen LogP contribution is -2.58. The van der Waals surface area contributed by atoms with E-state index in [9.17, 15) is 28.8 Å². The minimum Gasteiger partial charge on any atom is -0.445 e. The van der Waals surface area contributed by atoms with Gasteiger partial charge in [0, 0.05) is 13.0 Å². The normalized spacial score (nSPS) is 13.7. The molecule has 15 heteroatoms. The van der Waals surface area contributed by atoms with Gasteiger partial charge in [-0.3, -0.25) is 29.0 Å². The summed E-state index contributed by atoms with van der Waals surface area (Å²) in [5.41, 5.74) is 18.1. The fraction of sp³-hybridized carbons (Fsp3) is 0.425. The first-order chi connectivity index (χ1) is 26.2. The van der Waals surface area contributed by atoms with Gasteiger partial charge in [0.2, 0.25) is 23.5 Å². The van der Waals surface area contributed by atoms with Crippen LogP contribution in [0.15, 0.2) is 77.8 Å². The molecule has 0 aliphatic rings. The highest BCUT2D eigenvalue weighted by atomic mass is 16.5. The van der Waals surface area contributed by atoms with E-state index in [0.717, 1.165) is 21.9 Å². The number of carbonyl (C=O) groups is 6.